The van der Waals surface area contributed by atoms with E-state index < -0.39 is 24.0 Å². The van der Waals surface area contributed by atoms with Crippen molar-refractivity contribution in [3.8, 4) is 0 Å². The number of carbonyl (C=O) groups is 2. The zero-order valence-corrected chi connectivity index (χ0v) is 16.9. The number of hydrogen-bond acceptors (Lipinski definition) is 5. The topological polar surface area (TPSA) is 89.9 Å². The summed E-state index contributed by atoms with van der Waals surface area (Å²) in [6, 6.07) is 17.5. The van der Waals surface area contributed by atoms with Crippen LogP contribution in [0, 0.1) is 0 Å². The molecule has 29 heavy (non-hydrogen) atoms. The standard InChI is InChI=1S/C22H24N2O4S/c1-24(14-16-8-4-7-15-6-2-3-10-18(15)16)22(28)20(26)19(25)21(27)23-12-11-17-9-5-13-29-17/h2-10,13,19-20,25-26H,11-12,14H2,1H3,(H,23,27)/t19?,20-/m1/s1. The molecule has 0 aliphatic carbocycles. The van der Waals surface area contributed by atoms with E-state index in [0.29, 0.717) is 13.0 Å². The predicted molar refractivity (Wildman–Crippen MR) is 113 cm³/mol. The number of thiophene rings is 1. The van der Waals surface area contributed by atoms with Gasteiger partial charge in [-0.1, -0.05) is 48.5 Å². The third-order valence-electron chi connectivity index (χ3n) is 4.74. The lowest BCUT2D eigenvalue weighted by molar-refractivity contribution is -0.152. The van der Waals surface area contributed by atoms with Crippen LogP contribution < -0.4 is 5.32 Å². The van der Waals surface area contributed by atoms with Gasteiger partial charge in [-0.25, -0.2) is 0 Å². The first-order valence-electron chi connectivity index (χ1n) is 9.35. The van der Waals surface area contributed by atoms with Crippen LogP contribution in [0.25, 0.3) is 10.8 Å². The van der Waals surface area contributed by atoms with Gasteiger partial charge in [0.15, 0.2) is 12.2 Å². The van der Waals surface area contributed by atoms with Crippen LogP contribution >= 0.6 is 11.3 Å². The molecule has 0 aliphatic heterocycles. The monoisotopic (exact) mass is 412 g/mol. The summed E-state index contributed by atoms with van der Waals surface area (Å²) in [5, 5.41) is 26.9. The van der Waals surface area contributed by atoms with Gasteiger partial charge < -0.3 is 20.4 Å². The van der Waals surface area contributed by atoms with E-state index >= 15 is 0 Å². The van der Waals surface area contributed by atoms with Crippen LogP contribution in [-0.2, 0) is 22.6 Å². The Morgan fingerprint density at radius 3 is 2.55 bits per heavy atom. The minimum atomic E-state index is -1.82. The number of carbonyl (C=O) groups excluding carboxylic acids is 2. The summed E-state index contributed by atoms with van der Waals surface area (Å²) in [7, 11) is 1.54. The zero-order valence-electron chi connectivity index (χ0n) is 16.1. The number of amides is 2. The van der Waals surface area contributed by atoms with Crippen LogP contribution in [-0.4, -0.2) is 52.7 Å². The maximum absolute atomic E-state index is 12.5. The fraction of sp³-hybridized carbons (Fsp3) is 0.273. The number of likely N-dealkylation sites (N-methyl/N-ethyl adjacent to an activating group) is 1. The second-order valence-corrected chi connectivity index (χ2v) is 7.87. The fourth-order valence-corrected chi connectivity index (χ4v) is 3.85. The largest absolute Gasteiger partial charge is 0.380 e. The minimum Gasteiger partial charge on any atom is -0.380 e. The number of nitrogens with one attached hydrogen (secondary N) is 1. The summed E-state index contributed by atoms with van der Waals surface area (Å²) in [6.45, 7) is 0.577. The van der Waals surface area contributed by atoms with Gasteiger partial charge in [-0.2, -0.15) is 0 Å². The molecule has 1 aromatic heterocycles. The van der Waals surface area contributed by atoms with E-state index in [1.807, 2.05) is 60.0 Å². The smallest absolute Gasteiger partial charge is 0.254 e. The molecule has 0 saturated carbocycles. The van der Waals surface area contributed by atoms with Gasteiger partial charge in [0.05, 0.1) is 0 Å². The van der Waals surface area contributed by atoms with E-state index in [1.165, 1.54) is 11.9 Å². The van der Waals surface area contributed by atoms with Crippen molar-refractivity contribution >= 4 is 33.9 Å². The Kier molecular flexibility index (Phi) is 6.98. The van der Waals surface area contributed by atoms with E-state index in [4.69, 9.17) is 0 Å². The number of fused-ring (bicyclic) bond motifs is 1. The third kappa shape index (κ3) is 5.20. The molecule has 0 fully saturated rings. The average Bonchev–Trinajstić information content (AvgIpc) is 3.25. The lowest BCUT2D eigenvalue weighted by Crippen LogP contribution is -2.50. The minimum absolute atomic E-state index is 0.254. The molecule has 2 atom stereocenters. The molecule has 0 saturated heterocycles. The van der Waals surface area contributed by atoms with Gasteiger partial charge in [-0.15, -0.1) is 11.3 Å². The number of aliphatic hydroxyl groups is 2. The highest BCUT2D eigenvalue weighted by Crippen LogP contribution is 2.20. The van der Waals surface area contributed by atoms with Crippen LogP contribution in [0.5, 0.6) is 0 Å². The van der Waals surface area contributed by atoms with Crippen molar-refractivity contribution in [1.29, 1.82) is 0 Å². The third-order valence-corrected chi connectivity index (χ3v) is 5.67. The molecule has 1 unspecified atom stereocenters. The van der Waals surface area contributed by atoms with Crippen LogP contribution in [0.2, 0.25) is 0 Å². The molecule has 3 N–H and O–H groups in total. The van der Waals surface area contributed by atoms with Gasteiger partial charge in [0.2, 0.25) is 0 Å². The van der Waals surface area contributed by atoms with Gasteiger partial charge in [-0.3, -0.25) is 9.59 Å². The molecule has 0 radical (unpaired) electrons. The molecule has 3 aromatic rings. The molecule has 2 amide bonds. The molecular formula is C22H24N2O4S. The Morgan fingerprint density at radius 2 is 1.79 bits per heavy atom. The molecule has 1 heterocycles. The van der Waals surface area contributed by atoms with Crippen LogP contribution in [0.4, 0.5) is 0 Å². The zero-order chi connectivity index (χ0) is 20.8. The van der Waals surface area contributed by atoms with Gasteiger partial charge in [-0.05, 0) is 34.2 Å². The highest BCUT2D eigenvalue weighted by atomic mass is 32.1. The van der Waals surface area contributed by atoms with Gasteiger partial charge >= 0.3 is 0 Å². The summed E-state index contributed by atoms with van der Waals surface area (Å²) in [6.07, 6.45) is -3.02. The number of benzene rings is 2. The predicted octanol–water partition coefficient (Wildman–Crippen LogP) is 1.94. The number of hydrogen-bond donors (Lipinski definition) is 3. The molecule has 6 nitrogen and oxygen atoms in total. The quantitative estimate of drug-likeness (QED) is 0.528. The van der Waals surface area contributed by atoms with Crippen molar-refractivity contribution in [3.63, 3.8) is 0 Å². The number of rotatable bonds is 8. The normalized spacial score (nSPS) is 13.1. The molecule has 0 spiro atoms. The van der Waals surface area contributed by atoms with Gasteiger partial charge in [0, 0.05) is 25.0 Å². The number of aliphatic hydroxyl groups excluding tert-OH is 2. The van der Waals surface area contributed by atoms with Crippen LogP contribution in [0.1, 0.15) is 10.4 Å². The molecule has 7 heteroatoms. The summed E-state index contributed by atoms with van der Waals surface area (Å²) >= 11 is 1.58. The average molecular weight is 413 g/mol. The van der Waals surface area contributed by atoms with E-state index in [2.05, 4.69) is 5.32 Å². The molecule has 152 valence electrons. The van der Waals surface area contributed by atoms with Crippen molar-refractivity contribution in [1.82, 2.24) is 10.2 Å². The molecule has 0 aliphatic rings. The second-order valence-electron chi connectivity index (χ2n) is 6.84. The Bertz CT molecular complexity index is 969. The molecule has 2 aromatic carbocycles. The van der Waals surface area contributed by atoms with Crippen molar-refractivity contribution in [2.75, 3.05) is 13.6 Å². The van der Waals surface area contributed by atoms with Crippen LogP contribution in [0.3, 0.4) is 0 Å². The Morgan fingerprint density at radius 1 is 1.03 bits per heavy atom. The van der Waals surface area contributed by atoms with Crippen molar-refractivity contribution < 1.29 is 19.8 Å². The molecule has 0 bridgehead atoms. The summed E-state index contributed by atoms with van der Waals surface area (Å²) in [5.74, 6) is -1.47. The van der Waals surface area contributed by atoms with Crippen molar-refractivity contribution in [2.24, 2.45) is 0 Å². The Balaban J connectivity index is 1.57. The maximum atomic E-state index is 12.5. The molecule has 3 rings (SSSR count). The first kappa shape index (κ1) is 21.0. The van der Waals surface area contributed by atoms with Gasteiger partial charge in [0.25, 0.3) is 11.8 Å². The van der Waals surface area contributed by atoms with E-state index in [1.54, 1.807) is 11.3 Å². The highest BCUT2D eigenvalue weighted by molar-refractivity contribution is 7.09. The number of nitrogens with zero attached hydrogens (tertiary/aromatic N) is 1. The van der Waals surface area contributed by atoms with E-state index in [0.717, 1.165) is 21.2 Å². The fourth-order valence-electron chi connectivity index (χ4n) is 3.14. The summed E-state index contributed by atoms with van der Waals surface area (Å²) < 4.78 is 0. The Labute approximate surface area is 173 Å². The van der Waals surface area contributed by atoms with Crippen LogP contribution in [0.15, 0.2) is 60.0 Å². The Hall–Kier alpha value is -2.74. The van der Waals surface area contributed by atoms with Gasteiger partial charge in [0.1, 0.15) is 0 Å². The van der Waals surface area contributed by atoms with E-state index in [9.17, 15) is 19.8 Å². The van der Waals surface area contributed by atoms with E-state index in [-0.39, 0.29) is 6.54 Å². The highest BCUT2D eigenvalue weighted by Gasteiger charge is 2.32. The molecular weight excluding hydrogens is 388 g/mol. The lowest BCUT2D eigenvalue weighted by atomic mass is 10.0. The second kappa shape index (κ2) is 9.65. The first-order valence-corrected chi connectivity index (χ1v) is 10.2. The van der Waals surface area contributed by atoms with Crippen molar-refractivity contribution in [3.05, 3.63) is 70.4 Å². The maximum Gasteiger partial charge on any atom is 0.254 e. The SMILES string of the molecule is CN(Cc1cccc2ccccc12)C(=O)[C@H](O)C(O)C(=O)NCCc1cccs1. The van der Waals surface area contributed by atoms with Crippen molar-refractivity contribution in [2.45, 2.75) is 25.2 Å². The summed E-state index contributed by atoms with van der Waals surface area (Å²) in [4.78, 5) is 27.0. The lowest BCUT2D eigenvalue weighted by Gasteiger charge is -2.24. The first-order chi connectivity index (χ1) is 14.0. The summed E-state index contributed by atoms with van der Waals surface area (Å²) in [5.41, 5.74) is 0.918.